The summed E-state index contributed by atoms with van der Waals surface area (Å²) in [6.07, 6.45) is 7.80. The molecule has 17 heavy (non-hydrogen) atoms. The molecule has 0 aromatic carbocycles. The highest BCUT2D eigenvalue weighted by atomic mass is 16.1. The fraction of sp³-hybridized carbons (Fsp3) is 0.692. The molecular formula is C13H23N3O. The van der Waals surface area contributed by atoms with Crippen molar-refractivity contribution >= 4 is 5.82 Å². The first-order valence-electron chi connectivity index (χ1n) is 6.51. The molecule has 0 saturated carbocycles. The van der Waals surface area contributed by atoms with Gasteiger partial charge in [0, 0.05) is 25.0 Å². The van der Waals surface area contributed by atoms with E-state index in [-0.39, 0.29) is 5.56 Å². The van der Waals surface area contributed by atoms with E-state index in [4.69, 9.17) is 0 Å². The van der Waals surface area contributed by atoms with Crippen molar-refractivity contribution in [1.29, 1.82) is 0 Å². The molecule has 0 radical (unpaired) electrons. The Bertz CT molecular complexity index is 386. The van der Waals surface area contributed by atoms with Gasteiger partial charge in [-0.1, -0.05) is 26.7 Å². The molecule has 0 aliphatic carbocycles. The summed E-state index contributed by atoms with van der Waals surface area (Å²) in [6.45, 7) is 7.07. The van der Waals surface area contributed by atoms with Crippen molar-refractivity contribution in [2.75, 3.05) is 5.32 Å². The Morgan fingerprint density at radius 3 is 2.82 bits per heavy atom. The Labute approximate surface area is 103 Å². The summed E-state index contributed by atoms with van der Waals surface area (Å²) < 4.78 is 1.71. The summed E-state index contributed by atoms with van der Waals surface area (Å²) in [7, 11) is 0. The van der Waals surface area contributed by atoms with Crippen molar-refractivity contribution in [3.8, 4) is 0 Å². The highest BCUT2D eigenvalue weighted by molar-refractivity contribution is 5.31. The van der Waals surface area contributed by atoms with Crippen LogP contribution in [0.4, 0.5) is 5.82 Å². The molecule has 4 heteroatoms. The van der Waals surface area contributed by atoms with E-state index in [1.165, 1.54) is 12.8 Å². The first-order valence-corrected chi connectivity index (χ1v) is 6.51. The van der Waals surface area contributed by atoms with Gasteiger partial charge in [0.05, 0.1) is 0 Å². The van der Waals surface area contributed by atoms with Gasteiger partial charge >= 0.3 is 0 Å². The monoisotopic (exact) mass is 237 g/mol. The minimum absolute atomic E-state index is 0.0160. The SMILES string of the molecule is CCCCC(C)Nc1nccn(CCC)c1=O. The molecule has 1 aromatic heterocycles. The lowest BCUT2D eigenvalue weighted by molar-refractivity contribution is 0.628. The lowest BCUT2D eigenvalue weighted by Crippen LogP contribution is -2.27. The predicted octanol–water partition coefficient (Wildman–Crippen LogP) is 2.64. The van der Waals surface area contributed by atoms with Crippen molar-refractivity contribution in [1.82, 2.24) is 9.55 Å². The molecule has 0 spiro atoms. The van der Waals surface area contributed by atoms with Crippen LogP contribution in [-0.4, -0.2) is 15.6 Å². The van der Waals surface area contributed by atoms with E-state index >= 15 is 0 Å². The normalized spacial score (nSPS) is 12.4. The highest BCUT2D eigenvalue weighted by Gasteiger charge is 2.07. The molecule has 0 fully saturated rings. The second kappa shape index (κ2) is 7.09. The third-order valence-corrected chi connectivity index (χ3v) is 2.75. The van der Waals surface area contributed by atoms with Crippen molar-refractivity contribution < 1.29 is 0 Å². The molecule has 4 nitrogen and oxygen atoms in total. The largest absolute Gasteiger partial charge is 0.363 e. The maximum absolute atomic E-state index is 12.0. The Kier molecular flexibility index (Phi) is 5.73. The number of nitrogens with one attached hydrogen (secondary N) is 1. The van der Waals surface area contributed by atoms with Crippen LogP contribution in [0, 0.1) is 0 Å². The Morgan fingerprint density at radius 1 is 1.41 bits per heavy atom. The summed E-state index contributed by atoms with van der Waals surface area (Å²) >= 11 is 0. The number of nitrogens with zero attached hydrogens (tertiary/aromatic N) is 2. The van der Waals surface area contributed by atoms with Gasteiger partial charge in [0.15, 0.2) is 5.82 Å². The van der Waals surface area contributed by atoms with E-state index in [2.05, 4.69) is 31.1 Å². The first-order chi connectivity index (χ1) is 8.19. The van der Waals surface area contributed by atoms with Crippen LogP contribution in [-0.2, 0) is 6.54 Å². The van der Waals surface area contributed by atoms with Crippen molar-refractivity contribution in [3.63, 3.8) is 0 Å². The fourth-order valence-corrected chi connectivity index (χ4v) is 1.78. The lowest BCUT2D eigenvalue weighted by atomic mass is 10.1. The number of hydrogen-bond acceptors (Lipinski definition) is 3. The zero-order valence-electron chi connectivity index (χ0n) is 11.1. The highest BCUT2D eigenvalue weighted by Crippen LogP contribution is 2.04. The van der Waals surface area contributed by atoms with E-state index < -0.39 is 0 Å². The van der Waals surface area contributed by atoms with Gasteiger partial charge in [0.2, 0.25) is 0 Å². The standard InChI is InChI=1S/C13H23N3O/c1-4-6-7-11(3)15-12-13(17)16(9-5-2)10-8-14-12/h8,10-11H,4-7,9H2,1-3H3,(H,14,15). The van der Waals surface area contributed by atoms with E-state index in [1.807, 2.05) is 0 Å². The molecule has 1 aromatic rings. The van der Waals surface area contributed by atoms with Crippen LogP contribution in [0.15, 0.2) is 17.2 Å². The number of anilines is 1. The molecule has 1 rings (SSSR count). The number of rotatable bonds is 7. The summed E-state index contributed by atoms with van der Waals surface area (Å²) in [5, 5.41) is 3.20. The van der Waals surface area contributed by atoms with E-state index in [9.17, 15) is 4.79 Å². The van der Waals surface area contributed by atoms with Gasteiger partial charge in [-0.25, -0.2) is 4.98 Å². The second-order valence-corrected chi connectivity index (χ2v) is 4.46. The molecule has 96 valence electrons. The molecule has 0 amide bonds. The van der Waals surface area contributed by atoms with Crippen molar-refractivity contribution in [2.45, 2.75) is 59.0 Å². The molecule has 1 atom stereocenters. The van der Waals surface area contributed by atoms with Crippen molar-refractivity contribution in [3.05, 3.63) is 22.7 Å². The average Bonchev–Trinajstić information content (AvgIpc) is 2.32. The van der Waals surface area contributed by atoms with Gasteiger partial charge in [-0.3, -0.25) is 4.79 Å². The van der Waals surface area contributed by atoms with Gasteiger partial charge in [0.25, 0.3) is 5.56 Å². The molecule has 1 heterocycles. The molecular weight excluding hydrogens is 214 g/mol. The van der Waals surface area contributed by atoms with E-state index in [1.54, 1.807) is 17.0 Å². The van der Waals surface area contributed by atoms with Gasteiger partial charge in [-0.2, -0.15) is 0 Å². The summed E-state index contributed by atoms with van der Waals surface area (Å²) in [5.41, 5.74) is -0.0160. The number of hydrogen-bond donors (Lipinski definition) is 1. The van der Waals surface area contributed by atoms with Crippen LogP contribution in [0.3, 0.4) is 0 Å². The third-order valence-electron chi connectivity index (χ3n) is 2.75. The van der Waals surface area contributed by atoms with Crippen LogP contribution < -0.4 is 10.9 Å². The summed E-state index contributed by atoms with van der Waals surface area (Å²) in [4.78, 5) is 16.1. The van der Waals surface area contributed by atoms with Crippen LogP contribution in [0.2, 0.25) is 0 Å². The van der Waals surface area contributed by atoms with Crippen molar-refractivity contribution in [2.24, 2.45) is 0 Å². The molecule has 0 aliphatic rings. The second-order valence-electron chi connectivity index (χ2n) is 4.46. The van der Waals surface area contributed by atoms with Gasteiger partial charge in [0.1, 0.15) is 0 Å². The third kappa shape index (κ3) is 4.21. The molecule has 0 bridgehead atoms. The topological polar surface area (TPSA) is 46.9 Å². The molecule has 0 saturated heterocycles. The zero-order chi connectivity index (χ0) is 12.7. The number of unbranched alkanes of at least 4 members (excludes halogenated alkanes) is 1. The number of aryl methyl sites for hydroxylation is 1. The quantitative estimate of drug-likeness (QED) is 0.793. The Balaban J connectivity index is 2.70. The lowest BCUT2D eigenvalue weighted by Gasteiger charge is -2.14. The first kappa shape index (κ1) is 13.7. The van der Waals surface area contributed by atoms with Gasteiger partial charge in [-0.05, 0) is 19.8 Å². The van der Waals surface area contributed by atoms with Crippen LogP contribution in [0.1, 0.15) is 46.5 Å². The fourth-order valence-electron chi connectivity index (χ4n) is 1.78. The molecule has 1 unspecified atom stereocenters. The molecule has 1 N–H and O–H groups in total. The van der Waals surface area contributed by atoms with Crippen LogP contribution in [0.25, 0.3) is 0 Å². The summed E-state index contributed by atoms with van der Waals surface area (Å²) in [5.74, 6) is 0.476. The Hall–Kier alpha value is -1.32. The minimum Gasteiger partial charge on any atom is -0.363 e. The maximum Gasteiger partial charge on any atom is 0.293 e. The van der Waals surface area contributed by atoms with E-state index in [0.29, 0.717) is 11.9 Å². The zero-order valence-corrected chi connectivity index (χ0v) is 11.1. The predicted molar refractivity (Wildman–Crippen MR) is 71.4 cm³/mol. The smallest absolute Gasteiger partial charge is 0.293 e. The van der Waals surface area contributed by atoms with E-state index in [0.717, 1.165) is 19.4 Å². The Morgan fingerprint density at radius 2 is 2.18 bits per heavy atom. The number of aromatic nitrogens is 2. The average molecular weight is 237 g/mol. The van der Waals surface area contributed by atoms with Gasteiger partial charge in [-0.15, -0.1) is 0 Å². The van der Waals surface area contributed by atoms with Crippen LogP contribution in [0.5, 0.6) is 0 Å². The van der Waals surface area contributed by atoms with Gasteiger partial charge < -0.3 is 9.88 Å². The maximum atomic E-state index is 12.0. The van der Waals surface area contributed by atoms with Crippen LogP contribution >= 0.6 is 0 Å². The molecule has 0 aliphatic heterocycles. The minimum atomic E-state index is -0.0160. The summed E-state index contributed by atoms with van der Waals surface area (Å²) in [6, 6.07) is 0.299.